The van der Waals surface area contributed by atoms with E-state index in [1.165, 1.54) is 7.11 Å². The van der Waals surface area contributed by atoms with Crippen molar-refractivity contribution in [2.75, 3.05) is 13.7 Å². The van der Waals surface area contributed by atoms with E-state index in [-0.39, 0.29) is 5.97 Å². The number of aliphatic hydroxyl groups excluding tert-OH is 1. The Labute approximate surface area is 190 Å². The first-order valence-corrected chi connectivity index (χ1v) is 11.2. The summed E-state index contributed by atoms with van der Waals surface area (Å²) in [4.78, 5) is 11.2. The molecule has 4 nitrogen and oxygen atoms in total. The SMILES string of the molecule is COC(=O)CCCC[C@H](O)CCOC(c1ccccc1)(c1ccccc1)c1ccccc1. The number of hydrogen-bond acceptors (Lipinski definition) is 4. The van der Waals surface area contributed by atoms with Crippen molar-refractivity contribution in [1.82, 2.24) is 0 Å². The second-order valence-electron chi connectivity index (χ2n) is 7.89. The lowest BCUT2D eigenvalue weighted by atomic mass is 9.80. The van der Waals surface area contributed by atoms with Crippen LogP contribution in [0, 0.1) is 0 Å². The molecule has 0 heterocycles. The molecule has 0 saturated heterocycles. The quantitative estimate of drug-likeness (QED) is 0.234. The maximum atomic E-state index is 11.2. The van der Waals surface area contributed by atoms with Crippen LogP contribution in [0.2, 0.25) is 0 Å². The third-order valence-corrected chi connectivity index (χ3v) is 5.71. The molecular formula is C28H32O4. The average Bonchev–Trinajstić information content (AvgIpc) is 2.86. The molecule has 0 aromatic heterocycles. The van der Waals surface area contributed by atoms with Gasteiger partial charge in [0.15, 0.2) is 0 Å². The number of benzene rings is 3. The smallest absolute Gasteiger partial charge is 0.305 e. The molecule has 32 heavy (non-hydrogen) atoms. The molecule has 3 rings (SSSR count). The van der Waals surface area contributed by atoms with Crippen LogP contribution in [0.3, 0.4) is 0 Å². The van der Waals surface area contributed by atoms with E-state index in [0.717, 1.165) is 23.1 Å². The van der Waals surface area contributed by atoms with E-state index in [1.807, 2.05) is 54.6 Å². The van der Waals surface area contributed by atoms with Gasteiger partial charge in [0.1, 0.15) is 5.60 Å². The van der Waals surface area contributed by atoms with Crippen LogP contribution in [-0.2, 0) is 19.9 Å². The summed E-state index contributed by atoms with van der Waals surface area (Å²) in [6.07, 6.45) is 2.55. The molecule has 168 valence electrons. The van der Waals surface area contributed by atoms with Crippen LogP contribution in [0.25, 0.3) is 0 Å². The Kier molecular flexibility index (Phi) is 9.02. The first-order chi connectivity index (χ1) is 15.7. The Morgan fingerprint density at radius 1 is 0.781 bits per heavy atom. The fourth-order valence-corrected chi connectivity index (χ4v) is 4.01. The van der Waals surface area contributed by atoms with Gasteiger partial charge in [-0.3, -0.25) is 4.79 Å². The van der Waals surface area contributed by atoms with Crippen LogP contribution in [-0.4, -0.2) is 30.9 Å². The lowest BCUT2D eigenvalue weighted by Gasteiger charge is -2.36. The maximum Gasteiger partial charge on any atom is 0.305 e. The van der Waals surface area contributed by atoms with Crippen LogP contribution < -0.4 is 0 Å². The summed E-state index contributed by atoms with van der Waals surface area (Å²) in [6, 6.07) is 30.7. The molecule has 0 spiro atoms. The minimum Gasteiger partial charge on any atom is -0.469 e. The van der Waals surface area contributed by atoms with Crippen LogP contribution in [0.1, 0.15) is 48.8 Å². The predicted octanol–water partition coefficient (Wildman–Crippen LogP) is 5.48. The normalized spacial score (nSPS) is 12.3. The van der Waals surface area contributed by atoms with Gasteiger partial charge in [-0.1, -0.05) is 97.4 Å². The monoisotopic (exact) mass is 432 g/mol. The summed E-state index contributed by atoms with van der Waals surface area (Å²) >= 11 is 0. The van der Waals surface area contributed by atoms with E-state index in [4.69, 9.17) is 4.74 Å². The largest absolute Gasteiger partial charge is 0.469 e. The van der Waals surface area contributed by atoms with E-state index >= 15 is 0 Å². The van der Waals surface area contributed by atoms with Crippen molar-refractivity contribution in [3.8, 4) is 0 Å². The maximum absolute atomic E-state index is 11.2. The Bertz CT molecular complexity index is 829. The average molecular weight is 433 g/mol. The molecule has 3 aromatic rings. The summed E-state index contributed by atoms with van der Waals surface area (Å²) in [5.41, 5.74) is 2.37. The van der Waals surface area contributed by atoms with Crippen molar-refractivity contribution in [2.24, 2.45) is 0 Å². The second kappa shape index (κ2) is 12.2. The molecule has 0 saturated carbocycles. The Morgan fingerprint density at radius 2 is 1.25 bits per heavy atom. The van der Waals surface area contributed by atoms with Gasteiger partial charge in [-0.25, -0.2) is 0 Å². The molecule has 3 aromatic carbocycles. The van der Waals surface area contributed by atoms with Gasteiger partial charge in [-0.2, -0.15) is 0 Å². The summed E-state index contributed by atoms with van der Waals surface area (Å²) in [6.45, 7) is 0.400. The second-order valence-corrected chi connectivity index (χ2v) is 7.89. The van der Waals surface area contributed by atoms with Gasteiger partial charge in [0.25, 0.3) is 0 Å². The highest BCUT2D eigenvalue weighted by atomic mass is 16.5. The summed E-state index contributed by atoms with van der Waals surface area (Å²) in [5, 5.41) is 10.5. The van der Waals surface area contributed by atoms with Gasteiger partial charge in [0, 0.05) is 6.42 Å². The van der Waals surface area contributed by atoms with Crippen molar-refractivity contribution in [2.45, 2.75) is 43.8 Å². The standard InChI is InChI=1S/C28H32O4/c1-31-27(30)20-12-11-19-26(29)21-22-32-28(23-13-5-2-6-14-23,24-15-7-3-8-16-24)25-17-9-4-10-18-25/h2-10,13-18,26,29H,11-12,19-22H2,1H3/t26-/m0/s1. The van der Waals surface area contributed by atoms with Crippen molar-refractivity contribution in [3.63, 3.8) is 0 Å². The molecule has 0 fully saturated rings. The Balaban J connectivity index is 1.77. The van der Waals surface area contributed by atoms with Crippen LogP contribution in [0.4, 0.5) is 0 Å². The minimum atomic E-state index is -0.769. The van der Waals surface area contributed by atoms with E-state index in [0.29, 0.717) is 32.3 Å². The highest BCUT2D eigenvalue weighted by Gasteiger charge is 2.37. The highest BCUT2D eigenvalue weighted by Crippen LogP contribution is 2.40. The first-order valence-electron chi connectivity index (χ1n) is 11.2. The zero-order valence-electron chi connectivity index (χ0n) is 18.7. The van der Waals surface area contributed by atoms with Crippen molar-refractivity contribution in [3.05, 3.63) is 108 Å². The number of aliphatic hydroxyl groups is 1. The first kappa shape index (κ1) is 23.7. The summed E-state index contributed by atoms with van der Waals surface area (Å²) in [5.74, 6) is -0.207. The predicted molar refractivity (Wildman–Crippen MR) is 126 cm³/mol. The van der Waals surface area contributed by atoms with Gasteiger partial charge >= 0.3 is 5.97 Å². The number of ether oxygens (including phenoxy) is 2. The third-order valence-electron chi connectivity index (χ3n) is 5.71. The van der Waals surface area contributed by atoms with E-state index < -0.39 is 11.7 Å². The van der Waals surface area contributed by atoms with Crippen molar-refractivity contribution in [1.29, 1.82) is 0 Å². The van der Waals surface area contributed by atoms with Crippen molar-refractivity contribution >= 4 is 5.97 Å². The number of carbonyl (C=O) groups excluding carboxylic acids is 1. The number of rotatable bonds is 12. The molecule has 1 atom stereocenters. The number of hydrogen-bond donors (Lipinski definition) is 1. The number of methoxy groups -OCH3 is 1. The van der Waals surface area contributed by atoms with Gasteiger partial charge in [0.05, 0.1) is 19.8 Å². The van der Waals surface area contributed by atoms with Crippen molar-refractivity contribution < 1.29 is 19.4 Å². The molecule has 0 aliphatic heterocycles. The minimum absolute atomic E-state index is 0.207. The van der Waals surface area contributed by atoms with Gasteiger partial charge < -0.3 is 14.6 Å². The van der Waals surface area contributed by atoms with Crippen LogP contribution in [0.5, 0.6) is 0 Å². The van der Waals surface area contributed by atoms with Gasteiger partial charge in [0.2, 0.25) is 0 Å². The highest BCUT2D eigenvalue weighted by molar-refractivity contribution is 5.68. The third kappa shape index (κ3) is 6.06. The number of unbranched alkanes of at least 4 members (excludes halogenated alkanes) is 1. The Hall–Kier alpha value is -2.95. The summed E-state index contributed by atoms with van der Waals surface area (Å²) in [7, 11) is 1.40. The zero-order valence-corrected chi connectivity index (χ0v) is 18.7. The summed E-state index contributed by atoms with van der Waals surface area (Å²) < 4.78 is 11.4. The lowest BCUT2D eigenvalue weighted by Crippen LogP contribution is -2.34. The molecule has 1 N–H and O–H groups in total. The molecule has 0 aliphatic rings. The van der Waals surface area contributed by atoms with E-state index in [1.54, 1.807) is 0 Å². The topological polar surface area (TPSA) is 55.8 Å². The Morgan fingerprint density at radius 3 is 1.69 bits per heavy atom. The zero-order chi connectivity index (χ0) is 22.7. The molecule has 0 bridgehead atoms. The van der Waals surface area contributed by atoms with Gasteiger partial charge in [-0.05, 0) is 36.0 Å². The molecule has 0 unspecified atom stereocenters. The molecule has 4 heteroatoms. The van der Waals surface area contributed by atoms with E-state index in [9.17, 15) is 9.90 Å². The fraction of sp³-hybridized carbons (Fsp3) is 0.321. The van der Waals surface area contributed by atoms with Gasteiger partial charge in [-0.15, -0.1) is 0 Å². The van der Waals surface area contributed by atoms with Crippen LogP contribution >= 0.6 is 0 Å². The van der Waals surface area contributed by atoms with Crippen LogP contribution in [0.15, 0.2) is 91.0 Å². The fourth-order valence-electron chi connectivity index (χ4n) is 4.01. The molecule has 0 amide bonds. The molecular weight excluding hydrogens is 400 g/mol. The number of esters is 1. The van der Waals surface area contributed by atoms with E-state index in [2.05, 4.69) is 41.1 Å². The number of carbonyl (C=O) groups is 1. The molecule has 0 radical (unpaired) electrons. The molecule has 0 aliphatic carbocycles. The lowest BCUT2D eigenvalue weighted by molar-refractivity contribution is -0.140.